The number of piperazine rings is 1. The summed E-state index contributed by atoms with van der Waals surface area (Å²) < 4.78 is 15.6. The Labute approximate surface area is 155 Å². The first-order valence-electron chi connectivity index (χ1n) is 8.50. The summed E-state index contributed by atoms with van der Waals surface area (Å²) in [5, 5.41) is 6.46. The van der Waals surface area contributed by atoms with Gasteiger partial charge in [0.25, 0.3) is 5.91 Å². The smallest absolute Gasteiger partial charge is 0.272 e. The normalized spacial score (nSPS) is 14.7. The molecule has 0 unspecified atom stereocenters. The molecule has 1 aromatic carbocycles. The highest BCUT2D eigenvalue weighted by molar-refractivity contribution is 7.13. The summed E-state index contributed by atoms with van der Waals surface area (Å²) >= 11 is 1.60. The van der Waals surface area contributed by atoms with Crippen LogP contribution in [0, 0.1) is 5.82 Å². The molecular formula is C19H19FN4OS. The summed E-state index contributed by atoms with van der Waals surface area (Å²) in [7, 11) is 1.79. The molecule has 0 radical (unpaired) electrons. The number of anilines is 1. The molecule has 0 N–H and O–H groups in total. The Kier molecular flexibility index (Phi) is 4.46. The molecule has 0 saturated carbocycles. The van der Waals surface area contributed by atoms with E-state index in [-0.39, 0.29) is 11.7 Å². The molecule has 134 valence electrons. The van der Waals surface area contributed by atoms with Crippen LogP contribution in [0.4, 0.5) is 10.1 Å². The van der Waals surface area contributed by atoms with Crippen LogP contribution < -0.4 is 4.90 Å². The molecule has 5 nitrogen and oxygen atoms in total. The molecule has 7 heteroatoms. The van der Waals surface area contributed by atoms with Crippen LogP contribution in [0.3, 0.4) is 0 Å². The van der Waals surface area contributed by atoms with E-state index >= 15 is 0 Å². The highest BCUT2D eigenvalue weighted by atomic mass is 32.1. The van der Waals surface area contributed by atoms with Gasteiger partial charge in [-0.05, 0) is 29.6 Å². The Morgan fingerprint density at radius 3 is 2.58 bits per heavy atom. The lowest BCUT2D eigenvalue weighted by atomic mass is 10.2. The highest BCUT2D eigenvalue weighted by Crippen LogP contribution is 2.25. The Balaban J connectivity index is 1.47. The van der Waals surface area contributed by atoms with E-state index in [0.29, 0.717) is 37.6 Å². The van der Waals surface area contributed by atoms with E-state index in [9.17, 15) is 9.18 Å². The molecule has 2 aromatic heterocycles. The van der Waals surface area contributed by atoms with Gasteiger partial charge in [0, 0.05) is 33.2 Å². The van der Waals surface area contributed by atoms with Crippen molar-refractivity contribution in [3.05, 3.63) is 59.4 Å². The number of para-hydroxylation sites is 1. The second-order valence-electron chi connectivity index (χ2n) is 6.25. The molecular weight excluding hydrogens is 351 g/mol. The number of halogens is 1. The number of rotatable bonds is 3. The van der Waals surface area contributed by atoms with Crippen molar-refractivity contribution in [1.82, 2.24) is 14.7 Å². The van der Waals surface area contributed by atoms with Crippen LogP contribution in [0.25, 0.3) is 10.6 Å². The maximum absolute atomic E-state index is 14.0. The van der Waals surface area contributed by atoms with Crippen LogP contribution >= 0.6 is 11.3 Å². The van der Waals surface area contributed by atoms with Gasteiger partial charge in [-0.3, -0.25) is 9.48 Å². The van der Waals surface area contributed by atoms with Gasteiger partial charge in [0.05, 0.1) is 10.6 Å². The number of carbonyl (C=O) groups excluding carboxylic acids is 1. The van der Waals surface area contributed by atoms with Crippen molar-refractivity contribution >= 4 is 22.9 Å². The molecule has 0 bridgehead atoms. The van der Waals surface area contributed by atoms with Gasteiger partial charge in [-0.1, -0.05) is 18.2 Å². The summed E-state index contributed by atoms with van der Waals surface area (Å²) in [5.74, 6) is -0.254. The zero-order valence-electron chi connectivity index (χ0n) is 14.4. The largest absolute Gasteiger partial charge is 0.366 e. The molecule has 3 aromatic rings. The van der Waals surface area contributed by atoms with Crippen molar-refractivity contribution in [2.45, 2.75) is 0 Å². The fraction of sp³-hybridized carbons (Fsp3) is 0.263. The van der Waals surface area contributed by atoms with Gasteiger partial charge < -0.3 is 9.80 Å². The second kappa shape index (κ2) is 6.92. The first kappa shape index (κ1) is 16.8. The quantitative estimate of drug-likeness (QED) is 0.711. The molecule has 1 saturated heterocycles. The lowest BCUT2D eigenvalue weighted by molar-refractivity contribution is 0.0735. The van der Waals surface area contributed by atoms with Crippen LogP contribution in [0.2, 0.25) is 0 Å². The minimum atomic E-state index is -0.223. The van der Waals surface area contributed by atoms with Crippen molar-refractivity contribution in [1.29, 1.82) is 0 Å². The lowest BCUT2D eigenvalue weighted by Gasteiger charge is -2.36. The number of hydrogen-bond acceptors (Lipinski definition) is 4. The second-order valence-corrected chi connectivity index (χ2v) is 7.19. The molecule has 1 amide bonds. The molecule has 1 fully saturated rings. The average molecular weight is 370 g/mol. The molecule has 3 heterocycles. The van der Waals surface area contributed by atoms with Crippen molar-refractivity contribution in [2.75, 3.05) is 31.1 Å². The number of nitrogens with zero attached hydrogens (tertiary/aromatic N) is 4. The van der Waals surface area contributed by atoms with Gasteiger partial charge in [0.15, 0.2) is 0 Å². The van der Waals surface area contributed by atoms with Crippen molar-refractivity contribution in [3.63, 3.8) is 0 Å². The average Bonchev–Trinajstić information content (AvgIpc) is 3.31. The number of hydrogen-bond donors (Lipinski definition) is 0. The predicted octanol–water partition coefficient (Wildman–Crippen LogP) is 3.25. The third-order valence-electron chi connectivity index (χ3n) is 4.63. The topological polar surface area (TPSA) is 41.4 Å². The van der Waals surface area contributed by atoms with Gasteiger partial charge >= 0.3 is 0 Å². The monoisotopic (exact) mass is 370 g/mol. The molecule has 4 rings (SSSR count). The van der Waals surface area contributed by atoms with E-state index in [4.69, 9.17) is 0 Å². The molecule has 0 atom stereocenters. The van der Waals surface area contributed by atoms with Gasteiger partial charge in [0.1, 0.15) is 17.2 Å². The van der Waals surface area contributed by atoms with Crippen LogP contribution in [-0.4, -0.2) is 46.8 Å². The number of thiophene rings is 1. The molecule has 1 aliphatic heterocycles. The van der Waals surface area contributed by atoms with Crippen LogP contribution in [0.5, 0.6) is 0 Å². The maximum atomic E-state index is 14.0. The number of amides is 1. The summed E-state index contributed by atoms with van der Waals surface area (Å²) in [6.07, 6.45) is 0. The fourth-order valence-electron chi connectivity index (χ4n) is 3.23. The van der Waals surface area contributed by atoms with E-state index in [0.717, 1.165) is 10.6 Å². The number of aryl methyl sites for hydroxylation is 1. The van der Waals surface area contributed by atoms with Gasteiger partial charge in [-0.2, -0.15) is 5.10 Å². The van der Waals surface area contributed by atoms with Gasteiger partial charge in [-0.15, -0.1) is 11.3 Å². The zero-order valence-corrected chi connectivity index (χ0v) is 15.2. The first-order valence-corrected chi connectivity index (χ1v) is 9.38. The minimum absolute atomic E-state index is 0.0315. The molecule has 0 aliphatic carbocycles. The van der Waals surface area contributed by atoms with Crippen LogP contribution in [-0.2, 0) is 7.05 Å². The summed E-state index contributed by atoms with van der Waals surface area (Å²) in [5.41, 5.74) is 1.99. The third-order valence-corrected chi connectivity index (χ3v) is 5.52. The lowest BCUT2D eigenvalue weighted by Crippen LogP contribution is -2.49. The molecule has 1 aliphatic rings. The number of carbonyl (C=O) groups is 1. The minimum Gasteiger partial charge on any atom is -0.366 e. The SMILES string of the molecule is Cn1nc(-c2cccs2)cc1C(=O)N1CCN(c2ccccc2F)CC1. The predicted molar refractivity (Wildman–Crippen MR) is 101 cm³/mol. The zero-order chi connectivity index (χ0) is 18.1. The van der Waals surface area contributed by atoms with Gasteiger partial charge in [-0.25, -0.2) is 4.39 Å². The summed E-state index contributed by atoms with van der Waals surface area (Å²) in [6, 6.07) is 12.6. The highest BCUT2D eigenvalue weighted by Gasteiger charge is 2.26. The third kappa shape index (κ3) is 3.10. The number of aromatic nitrogens is 2. The van der Waals surface area contributed by atoms with Crippen LogP contribution in [0.15, 0.2) is 47.8 Å². The summed E-state index contributed by atoms with van der Waals surface area (Å²) in [4.78, 5) is 17.7. The van der Waals surface area contributed by atoms with Crippen molar-refractivity contribution in [3.8, 4) is 10.6 Å². The molecule has 26 heavy (non-hydrogen) atoms. The van der Waals surface area contributed by atoms with E-state index in [1.807, 2.05) is 39.4 Å². The number of benzene rings is 1. The fourth-order valence-corrected chi connectivity index (χ4v) is 3.91. The van der Waals surface area contributed by atoms with Crippen molar-refractivity contribution < 1.29 is 9.18 Å². The summed E-state index contributed by atoms with van der Waals surface area (Å²) in [6.45, 7) is 2.35. The Bertz CT molecular complexity index is 914. The van der Waals surface area contributed by atoms with Gasteiger partial charge in [0.2, 0.25) is 0 Å². The molecule has 0 spiro atoms. The van der Waals surface area contributed by atoms with Crippen LogP contribution in [0.1, 0.15) is 10.5 Å². The first-order chi connectivity index (χ1) is 12.6. The standard InChI is InChI=1S/C19H19FN4OS/c1-22-17(13-15(21-22)18-7-4-12-26-18)19(25)24-10-8-23(9-11-24)16-6-3-2-5-14(16)20/h2-7,12-13H,8-11H2,1H3. The van der Waals surface area contributed by atoms with E-state index in [2.05, 4.69) is 5.10 Å². The van der Waals surface area contributed by atoms with E-state index in [1.54, 1.807) is 35.2 Å². The van der Waals surface area contributed by atoms with E-state index < -0.39 is 0 Å². The van der Waals surface area contributed by atoms with Crippen molar-refractivity contribution in [2.24, 2.45) is 7.05 Å². The van der Waals surface area contributed by atoms with E-state index in [1.165, 1.54) is 6.07 Å². The Morgan fingerprint density at radius 1 is 1.12 bits per heavy atom. The maximum Gasteiger partial charge on any atom is 0.272 e. The Hall–Kier alpha value is -2.67. The Morgan fingerprint density at radius 2 is 1.88 bits per heavy atom.